The van der Waals surface area contributed by atoms with Crippen molar-refractivity contribution in [2.45, 2.75) is 38.2 Å². The lowest BCUT2D eigenvalue weighted by molar-refractivity contribution is -0.137. The number of aromatic nitrogens is 1. The third-order valence-corrected chi connectivity index (χ3v) is 2.98. The molecule has 1 fully saturated rings. The number of hydrogen-bond donors (Lipinski definition) is 1. The molecule has 1 N–H and O–H groups in total. The normalized spacial score (nSPS) is 21.9. The fraction of sp³-hybridized carbons (Fsp3) is 0.615. The third kappa shape index (κ3) is 4.08. The molecule has 1 aliphatic heterocycles. The lowest BCUT2D eigenvalue weighted by atomic mass is 10.2. The van der Waals surface area contributed by atoms with Gasteiger partial charge >= 0.3 is 6.18 Å². The van der Waals surface area contributed by atoms with Crippen LogP contribution in [-0.2, 0) is 10.9 Å². The Balaban J connectivity index is 1.78. The molecule has 4 nitrogen and oxygen atoms in total. The van der Waals surface area contributed by atoms with E-state index in [4.69, 9.17) is 9.47 Å². The Kier molecular flexibility index (Phi) is 4.19. The first kappa shape index (κ1) is 15.1. The van der Waals surface area contributed by atoms with Gasteiger partial charge in [0.05, 0.1) is 18.8 Å². The number of alkyl halides is 3. The summed E-state index contributed by atoms with van der Waals surface area (Å²) < 4.78 is 47.9. The molecular weight excluding hydrogens is 273 g/mol. The molecule has 0 saturated carbocycles. The minimum atomic E-state index is -4.37. The first-order valence-corrected chi connectivity index (χ1v) is 6.34. The molecule has 1 saturated heterocycles. The maximum absolute atomic E-state index is 12.3. The SMILES string of the molecule is CC1(C)N[C@@H](CCOc2ccc(C(F)(F)F)cn2)CO1. The summed E-state index contributed by atoms with van der Waals surface area (Å²) in [5, 5.41) is 3.27. The second-order valence-electron chi connectivity index (χ2n) is 5.18. The number of halogens is 3. The fourth-order valence-electron chi connectivity index (χ4n) is 1.98. The summed E-state index contributed by atoms with van der Waals surface area (Å²) in [4.78, 5) is 3.64. The van der Waals surface area contributed by atoms with E-state index < -0.39 is 11.7 Å². The minimum Gasteiger partial charge on any atom is -0.478 e. The number of nitrogens with one attached hydrogen (secondary N) is 1. The number of hydrogen-bond acceptors (Lipinski definition) is 4. The van der Waals surface area contributed by atoms with E-state index >= 15 is 0 Å². The van der Waals surface area contributed by atoms with E-state index in [1.54, 1.807) is 0 Å². The van der Waals surface area contributed by atoms with Crippen LogP contribution < -0.4 is 10.1 Å². The van der Waals surface area contributed by atoms with Gasteiger partial charge in [0.1, 0.15) is 5.72 Å². The van der Waals surface area contributed by atoms with Gasteiger partial charge in [-0.1, -0.05) is 0 Å². The number of rotatable bonds is 4. The predicted molar refractivity (Wildman–Crippen MR) is 66.3 cm³/mol. The highest BCUT2D eigenvalue weighted by Crippen LogP contribution is 2.29. The Morgan fingerprint density at radius 1 is 1.45 bits per heavy atom. The summed E-state index contributed by atoms with van der Waals surface area (Å²) in [6.45, 7) is 4.84. The smallest absolute Gasteiger partial charge is 0.417 e. The minimum absolute atomic E-state index is 0.180. The molecule has 0 aliphatic carbocycles. The Labute approximate surface area is 115 Å². The van der Waals surface area contributed by atoms with Gasteiger partial charge in [-0.05, 0) is 26.3 Å². The second kappa shape index (κ2) is 5.57. The highest BCUT2D eigenvalue weighted by molar-refractivity contribution is 5.20. The van der Waals surface area contributed by atoms with Crippen molar-refractivity contribution in [3.63, 3.8) is 0 Å². The summed E-state index contributed by atoms with van der Waals surface area (Å²) in [6.07, 6.45) is -2.90. The first-order valence-electron chi connectivity index (χ1n) is 6.34. The topological polar surface area (TPSA) is 43.4 Å². The van der Waals surface area contributed by atoms with E-state index in [9.17, 15) is 13.2 Å². The highest BCUT2D eigenvalue weighted by atomic mass is 19.4. The number of pyridine rings is 1. The molecule has 1 aromatic rings. The zero-order valence-electron chi connectivity index (χ0n) is 11.3. The van der Waals surface area contributed by atoms with Crippen LogP contribution in [0, 0.1) is 0 Å². The average Bonchev–Trinajstić information content (AvgIpc) is 2.68. The molecular formula is C13H17F3N2O2. The van der Waals surface area contributed by atoms with Gasteiger partial charge in [-0.25, -0.2) is 4.98 Å². The molecule has 0 radical (unpaired) electrons. The molecule has 0 bridgehead atoms. The molecule has 0 amide bonds. The molecule has 112 valence electrons. The quantitative estimate of drug-likeness (QED) is 0.925. The van der Waals surface area contributed by atoms with Crippen LogP contribution >= 0.6 is 0 Å². The fourth-order valence-corrected chi connectivity index (χ4v) is 1.98. The van der Waals surface area contributed by atoms with Crippen molar-refractivity contribution in [3.8, 4) is 5.88 Å². The second-order valence-corrected chi connectivity index (χ2v) is 5.18. The van der Waals surface area contributed by atoms with Crippen molar-refractivity contribution in [2.75, 3.05) is 13.2 Å². The van der Waals surface area contributed by atoms with E-state index in [1.807, 2.05) is 13.8 Å². The molecule has 2 heterocycles. The van der Waals surface area contributed by atoms with Crippen LogP contribution in [0.3, 0.4) is 0 Å². The standard InChI is InChI=1S/C13H17F3N2O2/c1-12(2)18-10(8-20-12)5-6-19-11-4-3-9(7-17-11)13(14,15)16/h3-4,7,10,18H,5-6,8H2,1-2H3/t10-/m0/s1. The first-order chi connectivity index (χ1) is 9.26. The molecule has 0 aromatic carbocycles. The summed E-state index contributed by atoms with van der Waals surface area (Å²) in [6, 6.07) is 2.37. The van der Waals surface area contributed by atoms with Crippen molar-refractivity contribution in [1.82, 2.24) is 10.3 Å². The zero-order valence-corrected chi connectivity index (χ0v) is 11.3. The molecule has 20 heavy (non-hydrogen) atoms. The zero-order chi connectivity index (χ0) is 14.8. The van der Waals surface area contributed by atoms with E-state index in [-0.39, 0.29) is 17.6 Å². The maximum atomic E-state index is 12.3. The van der Waals surface area contributed by atoms with Gasteiger partial charge in [0.25, 0.3) is 0 Å². The molecule has 1 aromatic heterocycles. The van der Waals surface area contributed by atoms with E-state index in [1.165, 1.54) is 6.07 Å². The molecule has 7 heteroatoms. The molecule has 0 spiro atoms. The average molecular weight is 290 g/mol. The summed E-state index contributed by atoms with van der Waals surface area (Å²) >= 11 is 0. The number of ether oxygens (including phenoxy) is 2. The van der Waals surface area contributed by atoms with Crippen LogP contribution in [0.2, 0.25) is 0 Å². The summed E-state index contributed by atoms with van der Waals surface area (Å²) in [5.74, 6) is 0.191. The van der Waals surface area contributed by atoms with Gasteiger partial charge in [0, 0.05) is 18.3 Å². The summed E-state index contributed by atoms with van der Waals surface area (Å²) in [7, 11) is 0. The Morgan fingerprint density at radius 2 is 2.20 bits per heavy atom. The predicted octanol–water partition coefficient (Wildman–Crippen LogP) is 2.59. The monoisotopic (exact) mass is 290 g/mol. The summed E-state index contributed by atoms with van der Waals surface area (Å²) in [5.41, 5.74) is -1.12. The van der Waals surface area contributed by atoms with Crippen LogP contribution in [0.5, 0.6) is 5.88 Å². The van der Waals surface area contributed by atoms with Crippen LogP contribution in [0.1, 0.15) is 25.8 Å². The van der Waals surface area contributed by atoms with Crippen molar-refractivity contribution in [1.29, 1.82) is 0 Å². The third-order valence-electron chi connectivity index (χ3n) is 2.98. The van der Waals surface area contributed by atoms with E-state index in [0.29, 0.717) is 19.6 Å². The van der Waals surface area contributed by atoms with Crippen LogP contribution in [0.4, 0.5) is 13.2 Å². The lowest BCUT2D eigenvalue weighted by Gasteiger charge is -2.18. The van der Waals surface area contributed by atoms with E-state index in [0.717, 1.165) is 12.3 Å². The van der Waals surface area contributed by atoms with Crippen molar-refractivity contribution in [3.05, 3.63) is 23.9 Å². The largest absolute Gasteiger partial charge is 0.478 e. The van der Waals surface area contributed by atoms with Crippen LogP contribution in [0.15, 0.2) is 18.3 Å². The Bertz CT molecular complexity index is 446. The van der Waals surface area contributed by atoms with Gasteiger partial charge < -0.3 is 9.47 Å². The van der Waals surface area contributed by atoms with E-state index in [2.05, 4.69) is 10.3 Å². The Morgan fingerprint density at radius 3 is 2.70 bits per heavy atom. The van der Waals surface area contributed by atoms with Gasteiger partial charge in [-0.15, -0.1) is 0 Å². The Hall–Kier alpha value is -1.34. The number of nitrogens with zero attached hydrogens (tertiary/aromatic N) is 1. The van der Waals surface area contributed by atoms with Gasteiger partial charge in [-0.2, -0.15) is 13.2 Å². The van der Waals surface area contributed by atoms with Crippen molar-refractivity contribution < 1.29 is 22.6 Å². The van der Waals surface area contributed by atoms with Gasteiger partial charge in [0.2, 0.25) is 5.88 Å². The maximum Gasteiger partial charge on any atom is 0.417 e. The van der Waals surface area contributed by atoms with Crippen molar-refractivity contribution in [2.24, 2.45) is 0 Å². The highest BCUT2D eigenvalue weighted by Gasteiger charge is 2.31. The van der Waals surface area contributed by atoms with Crippen LogP contribution in [0.25, 0.3) is 0 Å². The molecule has 0 unspecified atom stereocenters. The van der Waals surface area contributed by atoms with Crippen LogP contribution in [-0.4, -0.2) is 30.0 Å². The molecule has 2 rings (SSSR count). The lowest BCUT2D eigenvalue weighted by Crippen LogP contribution is -2.38. The van der Waals surface area contributed by atoms with Gasteiger partial charge in [-0.3, -0.25) is 5.32 Å². The molecule has 1 atom stereocenters. The molecule has 1 aliphatic rings. The van der Waals surface area contributed by atoms with Crippen molar-refractivity contribution >= 4 is 0 Å². The van der Waals surface area contributed by atoms with Gasteiger partial charge in [0.15, 0.2) is 0 Å².